The molecule has 3 N–H and O–H groups in total. The molecular formula is C12H17BrN4S. The Bertz CT molecular complexity index is 506. The Morgan fingerprint density at radius 2 is 2.39 bits per heavy atom. The molecule has 0 spiro atoms. The number of hydrogen-bond acceptors (Lipinski definition) is 4. The van der Waals surface area contributed by atoms with Crippen molar-refractivity contribution in [2.45, 2.75) is 25.8 Å². The maximum absolute atomic E-state index is 5.66. The summed E-state index contributed by atoms with van der Waals surface area (Å²) in [6.07, 6.45) is 1.74. The first-order chi connectivity index (χ1) is 8.67. The summed E-state index contributed by atoms with van der Waals surface area (Å²) in [6, 6.07) is 2.22. The third kappa shape index (κ3) is 2.66. The van der Waals surface area contributed by atoms with Crippen molar-refractivity contribution in [1.82, 2.24) is 15.2 Å². The SMILES string of the molecule is CCc1nn(C)c(CC(NN)c2ccsc2)c1Br. The first kappa shape index (κ1) is 13.7. The molecule has 4 nitrogen and oxygen atoms in total. The number of halogens is 1. The summed E-state index contributed by atoms with van der Waals surface area (Å²) < 4.78 is 3.03. The first-order valence-electron chi connectivity index (χ1n) is 5.85. The van der Waals surface area contributed by atoms with Gasteiger partial charge in [-0.3, -0.25) is 16.0 Å². The van der Waals surface area contributed by atoms with Gasteiger partial charge in [-0.1, -0.05) is 6.92 Å². The van der Waals surface area contributed by atoms with Gasteiger partial charge in [-0.05, 0) is 44.7 Å². The van der Waals surface area contributed by atoms with Crippen LogP contribution in [0.25, 0.3) is 0 Å². The second kappa shape index (κ2) is 5.97. The summed E-state index contributed by atoms with van der Waals surface area (Å²) in [7, 11) is 1.97. The fourth-order valence-corrected chi connectivity index (χ4v) is 3.47. The Morgan fingerprint density at radius 1 is 1.61 bits per heavy atom. The second-order valence-electron chi connectivity index (χ2n) is 4.16. The summed E-state index contributed by atoms with van der Waals surface area (Å²) in [5.41, 5.74) is 6.35. The predicted octanol–water partition coefficient (Wildman–Crippen LogP) is 2.55. The van der Waals surface area contributed by atoms with Gasteiger partial charge >= 0.3 is 0 Å². The lowest BCUT2D eigenvalue weighted by Gasteiger charge is -2.15. The fraction of sp³-hybridized carbons (Fsp3) is 0.417. The van der Waals surface area contributed by atoms with Crippen molar-refractivity contribution in [2.75, 3.05) is 0 Å². The van der Waals surface area contributed by atoms with Crippen LogP contribution in [-0.2, 0) is 19.9 Å². The number of hydrogen-bond donors (Lipinski definition) is 2. The number of aromatic nitrogens is 2. The topological polar surface area (TPSA) is 55.9 Å². The van der Waals surface area contributed by atoms with E-state index in [1.807, 2.05) is 11.7 Å². The molecule has 0 radical (unpaired) electrons. The van der Waals surface area contributed by atoms with Crippen LogP contribution in [0.15, 0.2) is 21.3 Å². The molecule has 0 amide bonds. The zero-order valence-electron chi connectivity index (χ0n) is 10.5. The van der Waals surface area contributed by atoms with Crippen LogP contribution in [0.3, 0.4) is 0 Å². The fourth-order valence-electron chi connectivity index (χ4n) is 1.98. The van der Waals surface area contributed by atoms with Crippen molar-refractivity contribution in [2.24, 2.45) is 12.9 Å². The highest BCUT2D eigenvalue weighted by Crippen LogP contribution is 2.27. The van der Waals surface area contributed by atoms with Crippen LogP contribution in [0.1, 0.15) is 29.9 Å². The Kier molecular flexibility index (Phi) is 4.55. The summed E-state index contributed by atoms with van der Waals surface area (Å²) in [5.74, 6) is 5.66. The molecule has 0 aliphatic carbocycles. The maximum Gasteiger partial charge on any atom is 0.0766 e. The Hall–Kier alpha value is -0.690. The minimum Gasteiger partial charge on any atom is -0.271 e. The lowest BCUT2D eigenvalue weighted by atomic mass is 10.1. The molecule has 1 unspecified atom stereocenters. The van der Waals surface area contributed by atoms with E-state index in [9.17, 15) is 0 Å². The molecule has 2 aromatic rings. The van der Waals surface area contributed by atoms with Crippen LogP contribution in [0.4, 0.5) is 0 Å². The molecule has 1 atom stereocenters. The van der Waals surface area contributed by atoms with E-state index in [2.05, 4.69) is 50.2 Å². The smallest absolute Gasteiger partial charge is 0.0766 e. The van der Waals surface area contributed by atoms with E-state index in [1.54, 1.807) is 11.3 Å². The third-order valence-corrected chi connectivity index (χ3v) is 4.66. The molecule has 98 valence electrons. The number of nitrogens with one attached hydrogen (secondary N) is 1. The third-order valence-electron chi connectivity index (χ3n) is 3.05. The number of nitrogens with two attached hydrogens (primary N) is 1. The Morgan fingerprint density at radius 3 is 2.89 bits per heavy atom. The average molecular weight is 329 g/mol. The van der Waals surface area contributed by atoms with Gasteiger partial charge in [-0.15, -0.1) is 0 Å². The standard InChI is InChI=1S/C12H17BrN4S/c1-3-9-12(13)11(17(2)16-9)6-10(15-14)8-4-5-18-7-8/h4-5,7,10,15H,3,6,14H2,1-2H3. The molecule has 2 rings (SSSR count). The van der Waals surface area contributed by atoms with Crippen molar-refractivity contribution in [3.63, 3.8) is 0 Å². The molecule has 0 aliphatic heterocycles. The largest absolute Gasteiger partial charge is 0.271 e. The van der Waals surface area contributed by atoms with E-state index in [0.717, 1.165) is 23.0 Å². The molecule has 2 heterocycles. The second-order valence-corrected chi connectivity index (χ2v) is 5.74. The van der Waals surface area contributed by atoms with E-state index in [1.165, 1.54) is 11.3 Å². The van der Waals surface area contributed by atoms with Gasteiger partial charge in [0.1, 0.15) is 0 Å². The molecule has 0 saturated carbocycles. The van der Waals surface area contributed by atoms with Crippen molar-refractivity contribution in [1.29, 1.82) is 0 Å². The molecule has 0 aromatic carbocycles. The average Bonchev–Trinajstić information content (AvgIpc) is 2.97. The number of nitrogens with zero attached hydrogens (tertiary/aromatic N) is 2. The Balaban J connectivity index is 2.25. The summed E-state index contributed by atoms with van der Waals surface area (Å²) in [5, 5.41) is 8.69. The highest BCUT2D eigenvalue weighted by Gasteiger charge is 2.18. The molecule has 6 heteroatoms. The molecular weight excluding hydrogens is 312 g/mol. The minimum atomic E-state index is 0.118. The number of hydrazine groups is 1. The predicted molar refractivity (Wildman–Crippen MR) is 78.4 cm³/mol. The lowest BCUT2D eigenvalue weighted by Crippen LogP contribution is -2.29. The van der Waals surface area contributed by atoms with Gasteiger partial charge in [0.05, 0.1) is 21.9 Å². The monoisotopic (exact) mass is 328 g/mol. The number of rotatable bonds is 5. The number of aryl methyl sites for hydroxylation is 2. The van der Waals surface area contributed by atoms with Gasteiger partial charge in [0, 0.05) is 13.5 Å². The van der Waals surface area contributed by atoms with E-state index < -0.39 is 0 Å². The van der Waals surface area contributed by atoms with E-state index in [4.69, 9.17) is 5.84 Å². The number of thiophene rings is 1. The van der Waals surface area contributed by atoms with Gasteiger partial charge in [-0.2, -0.15) is 16.4 Å². The summed E-state index contributed by atoms with van der Waals surface area (Å²) in [6.45, 7) is 2.11. The van der Waals surface area contributed by atoms with E-state index in [-0.39, 0.29) is 6.04 Å². The van der Waals surface area contributed by atoms with Crippen molar-refractivity contribution < 1.29 is 0 Å². The van der Waals surface area contributed by atoms with Crippen LogP contribution in [0, 0.1) is 0 Å². The van der Waals surface area contributed by atoms with Crippen molar-refractivity contribution in [3.8, 4) is 0 Å². The zero-order chi connectivity index (χ0) is 13.1. The highest BCUT2D eigenvalue weighted by molar-refractivity contribution is 9.10. The molecule has 18 heavy (non-hydrogen) atoms. The molecule has 2 aromatic heterocycles. The van der Waals surface area contributed by atoms with Crippen LogP contribution in [0.5, 0.6) is 0 Å². The van der Waals surface area contributed by atoms with Crippen molar-refractivity contribution in [3.05, 3.63) is 38.3 Å². The molecule has 0 bridgehead atoms. The van der Waals surface area contributed by atoms with Crippen molar-refractivity contribution >= 4 is 27.3 Å². The summed E-state index contributed by atoms with van der Waals surface area (Å²) >= 11 is 5.32. The quantitative estimate of drug-likeness (QED) is 0.655. The summed E-state index contributed by atoms with van der Waals surface area (Å²) in [4.78, 5) is 0. The lowest BCUT2D eigenvalue weighted by molar-refractivity contribution is 0.530. The van der Waals surface area contributed by atoms with E-state index in [0.29, 0.717) is 0 Å². The van der Waals surface area contributed by atoms with Gasteiger partial charge in [0.25, 0.3) is 0 Å². The zero-order valence-corrected chi connectivity index (χ0v) is 12.9. The molecule has 0 fully saturated rings. The van der Waals surface area contributed by atoms with Gasteiger partial charge in [0.15, 0.2) is 0 Å². The van der Waals surface area contributed by atoms with Gasteiger partial charge in [0.2, 0.25) is 0 Å². The maximum atomic E-state index is 5.66. The molecule has 0 aliphatic rings. The van der Waals surface area contributed by atoms with E-state index >= 15 is 0 Å². The van der Waals surface area contributed by atoms with Gasteiger partial charge < -0.3 is 0 Å². The van der Waals surface area contributed by atoms with Crippen LogP contribution < -0.4 is 11.3 Å². The van der Waals surface area contributed by atoms with Gasteiger partial charge in [-0.25, -0.2) is 0 Å². The van der Waals surface area contributed by atoms with Crippen LogP contribution >= 0.6 is 27.3 Å². The van der Waals surface area contributed by atoms with Crippen LogP contribution in [-0.4, -0.2) is 9.78 Å². The molecule has 0 saturated heterocycles. The highest BCUT2D eigenvalue weighted by atomic mass is 79.9. The first-order valence-corrected chi connectivity index (χ1v) is 7.59. The normalized spacial score (nSPS) is 12.9. The Labute approximate surface area is 119 Å². The minimum absolute atomic E-state index is 0.118. The van der Waals surface area contributed by atoms with Crippen LogP contribution in [0.2, 0.25) is 0 Å².